The van der Waals surface area contributed by atoms with Gasteiger partial charge >= 0.3 is 6.03 Å². The molecule has 2 heterocycles. The molecule has 1 aromatic carbocycles. The predicted octanol–water partition coefficient (Wildman–Crippen LogP) is 2.59. The lowest BCUT2D eigenvalue weighted by Gasteiger charge is -2.17. The molecular formula is C19H23N7O. The number of hydrogen-bond acceptors (Lipinski definition) is 4. The van der Waals surface area contributed by atoms with E-state index < -0.39 is 0 Å². The fourth-order valence-corrected chi connectivity index (χ4v) is 3.28. The van der Waals surface area contributed by atoms with E-state index in [2.05, 4.69) is 25.9 Å². The van der Waals surface area contributed by atoms with Crippen LogP contribution in [0.2, 0.25) is 0 Å². The van der Waals surface area contributed by atoms with Gasteiger partial charge in [-0.05, 0) is 37.5 Å². The van der Waals surface area contributed by atoms with E-state index in [1.807, 2.05) is 53.7 Å². The van der Waals surface area contributed by atoms with E-state index in [0.717, 1.165) is 42.0 Å². The first-order valence-corrected chi connectivity index (χ1v) is 9.03. The highest BCUT2D eigenvalue weighted by Gasteiger charge is 2.43. The van der Waals surface area contributed by atoms with Gasteiger partial charge in [0.1, 0.15) is 6.33 Å². The Bertz CT molecular complexity index is 941. The normalized spacial score (nSPS) is 14.7. The van der Waals surface area contributed by atoms with Gasteiger partial charge in [0.2, 0.25) is 0 Å². The maximum absolute atomic E-state index is 12.4. The summed E-state index contributed by atoms with van der Waals surface area (Å²) >= 11 is 0. The van der Waals surface area contributed by atoms with E-state index in [1.165, 1.54) is 0 Å². The van der Waals surface area contributed by atoms with E-state index >= 15 is 0 Å². The zero-order chi connectivity index (χ0) is 18.9. The van der Waals surface area contributed by atoms with Gasteiger partial charge in [-0.15, -0.1) is 10.2 Å². The van der Waals surface area contributed by atoms with Crippen LogP contribution >= 0.6 is 0 Å². The zero-order valence-electron chi connectivity index (χ0n) is 15.5. The van der Waals surface area contributed by atoms with Gasteiger partial charge in [-0.2, -0.15) is 5.10 Å². The van der Waals surface area contributed by atoms with Crippen molar-refractivity contribution in [2.24, 2.45) is 12.5 Å². The number of amides is 2. The fourth-order valence-electron chi connectivity index (χ4n) is 3.28. The minimum atomic E-state index is -0.194. The topological polar surface area (TPSA) is 89.7 Å². The van der Waals surface area contributed by atoms with E-state index in [-0.39, 0.29) is 11.4 Å². The molecule has 1 aliphatic rings. The first kappa shape index (κ1) is 17.3. The lowest BCUT2D eigenvalue weighted by Crippen LogP contribution is -2.35. The first-order chi connectivity index (χ1) is 13.1. The molecule has 8 heteroatoms. The molecule has 0 atom stereocenters. The molecule has 0 aliphatic heterocycles. The summed E-state index contributed by atoms with van der Waals surface area (Å²) in [7, 11) is 1.90. The molecule has 0 spiro atoms. The Morgan fingerprint density at radius 1 is 1.30 bits per heavy atom. The number of carbonyl (C=O) groups excluding carboxylic acids is 1. The minimum absolute atomic E-state index is 0.124. The molecular weight excluding hydrogens is 342 g/mol. The number of anilines is 1. The third-order valence-corrected chi connectivity index (χ3v) is 5.17. The number of hydrogen-bond donors (Lipinski definition) is 2. The number of urea groups is 1. The second kappa shape index (κ2) is 6.86. The van der Waals surface area contributed by atoms with Gasteiger partial charge < -0.3 is 15.2 Å². The first-order valence-electron chi connectivity index (χ1n) is 9.03. The summed E-state index contributed by atoms with van der Waals surface area (Å²) in [5.74, 6) is 0.771. The molecule has 1 saturated carbocycles. The molecule has 0 unspecified atom stereocenters. The molecule has 2 amide bonds. The Balaban J connectivity index is 1.39. The summed E-state index contributed by atoms with van der Waals surface area (Å²) in [6.45, 7) is 3.45. The highest BCUT2D eigenvalue weighted by Crippen LogP contribution is 2.46. The molecule has 27 heavy (non-hydrogen) atoms. The Hall–Kier alpha value is -3.16. The van der Waals surface area contributed by atoms with Crippen LogP contribution in [0, 0.1) is 12.3 Å². The molecule has 2 N–H and O–H groups in total. The van der Waals surface area contributed by atoms with Crippen LogP contribution in [0.15, 0.2) is 43.0 Å². The largest absolute Gasteiger partial charge is 0.337 e. The van der Waals surface area contributed by atoms with Crippen molar-refractivity contribution in [2.75, 3.05) is 11.9 Å². The van der Waals surface area contributed by atoms with Crippen LogP contribution in [0.5, 0.6) is 0 Å². The summed E-state index contributed by atoms with van der Waals surface area (Å²) in [5, 5.41) is 18.3. The van der Waals surface area contributed by atoms with Crippen LogP contribution in [0.3, 0.4) is 0 Å². The molecule has 0 radical (unpaired) electrons. The third-order valence-electron chi connectivity index (χ3n) is 5.17. The monoisotopic (exact) mass is 365 g/mol. The zero-order valence-corrected chi connectivity index (χ0v) is 15.5. The van der Waals surface area contributed by atoms with Crippen LogP contribution in [0.4, 0.5) is 10.5 Å². The highest BCUT2D eigenvalue weighted by atomic mass is 16.2. The second-order valence-corrected chi connectivity index (χ2v) is 7.25. The number of aromatic nitrogens is 5. The average molecular weight is 365 g/mol. The van der Waals surface area contributed by atoms with Crippen molar-refractivity contribution in [1.29, 1.82) is 0 Å². The summed E-state index contributed by atoms with van der Waals surface area (Å²) < 4.78 is 3.79. The number of benzene rings is 1. The van der Waals surface area contributed by atoms with Crippen LogP contribution in [0.25, 0.3) is 11.4 Å². The van der Waals surface area contributed by atoms with Gasteiger partial charge in [0.15, 0.2) is 5.82 Å². The van der Waals surface area contributed by atoms with Gasteiger partial charge in [0.25, 0.3) is 0 Å². The number of rotatable bonds is 6. The molecule has 4 rings (SSSR count). The molecule has 8 nitrogen and oxygen atoms in total. The van der Waals surface area contributed by atoms with Crippen LogP contribution in [0.1, 0.15) is 18.4 Å². The Kier molecular flexibility index (Phi) is 4.39. The maximum Gasteiger partial charge on any atom is 0.319 e. The number of carbonyl (C=O) groups is 1. The molecule has 140 valence electrons. The average Bonchev–Trinajstić information content (AvgIpc) is 3.01. The third kappa shape index (κ3) is 3.69. The van der Waals surface area contributed by atoms with Crippen molar-refractivity contribution in [2.45, 2.75) is 26.3 Å². The van der Waals surface area contributed by atoms with E-state index in [1.54, 1.807) is 12.5 Å². The summed E-state index contributed by atoms with van der Waals surface area (Å²) in [6, 6.07) is 7.51. The lowest BCUT2D eigenvalue weighted by molar-refractivity contribution is 0.248. The van der Waals surface area contributed by atoms with Gasteiger partial charge in [-0.3, -0.25) is 4.68 Å². The van der Waals surface area contributed by atoms with Crippen molar-refractivity contribution < 1.29 is 4.79 Å². The molecule has 2 aromatic heterocycles. The molecule has 3 aromatic rings. The Labute approximate surface area is 157 Å². The van der Waals surface area contributed by atoms with Gasteiger partial charge in [0.05, 0.1) is 0 Å². The van der Waals surface area contributed by atoms with Gasteiger partial charge in [0, 0.05) is 49.2 Å². The summed E-state index contributed by atoms with van der Waals surface area (Å²) in [6.07, 6.45) is 7.61. The molecule has 0 saturated heterocycles. The SMILES string of the molecule is Cc1c(NC(=O)NCC2(Cn3cccn3)CC2)cccc1-c1nncn1C. The lowest BCUT2D eigenvalue weighted by atomic mass is 10.1. The predicted molar refractivity (Wildman–Crippen MR) is 102 cm³/mol. The minimum Gasteiger partial charge on any atom is -0.337 e. The number of nitrogens with zero attached hydrogens (tertiary/aromatic N) is 5. The van der Waals surface area contributed by atoms with Crippen molar-refractivity contribution >= 4 is 11.7 Å². The van der Waals surface area contributed by atoms with Crippen LogP contribution in [-0.2, 0) is 13.6 Å². The summed E-state index contributed by atoms with van der Waals surface area (Å²) in [4.78, 5) is 12.4. The quantitative estimate of drug-likeness (QED) is 0.703. The maximum atomic E-state index is 12.4. The Morgan fingerprint density at radius 2 is 2.15 bits per heavy atom. The summed E-state index contributed by atoms with van der Waals surface area (Å²) in [5.41, 5.74) is 2.80. The van der Waals surface area contributed by atoms with Crippen LogP contribution in [-0.4, -0.2) is 37.1 Å². The fraction of sp³-hybridized carbons (Fsp3) is 0.368. The molecule has 1 fully saturated rings. The van der Waals surface area contributed by atoms with Gasteiger partial charge in [-0.1, -0.05) is 12.1 Å². The van der Waals surface area contributed by atoms with Crippen LogP contribution < -0.4 is 10.6 Å². The van der Waals surface area contributed by atoms with Crippen molar-refractivity contribution in [3.05, 3.63) is 48.5 Å². The van der Waals surface area contributed by atoms with Gasteiger partial charge in [-0.25, -0.2) is 4.79 Å². The second-order valence-electron chi connectivity index (χ2n) is 7.25. The smallest absolute Gasteiger partial charge is 0.319 e. The highest BCUT2D eigenvalue weighted by molar-refractivity contribution is 5.91. The van der Waals surface area contributed by atoms with E-state index in [9.17, 15) is 4.79 Å². The van der Waals surface area contributed by atoms with Crippen molar-refractivity contribution in [1.82, 2.24) is 29.9 Å². The van der Waals surface area contributed by atoms with Crippen molar-refractivity contribution in [3.8, 4) is 11.4 Å². The number of nitrogens with one attached hydrogen (secondary N) is 2. The van der Waals surface area contributed by atoms with Crippen molar-refractivity contribution in [3.63, 3.8) is 0 Å². The van der Waals surface area contributed by atoms with E-state index in [0.29, 0.717) is 6.54 Å². The standard InChI is InChI=1S/C19H23N7O/c1-14-15(17-24-21-13-25(17)2)5-3-6-16(14)23-18(27)20-11-19(7-8-19)12-26-10-4-9-22-26/h3-6,9-10,13H,7-8,11-12H2,1-2H3,(H2,20,23,27). The molecule has 1 aliphatic carbocycles. The molecule has 0 bridgehead atoms. The Morgan fingerprint density at radius 3 is 2.81 bits per heavy atom. The van der Waals surface area contributed by atoms with E-state index in [4.69, 9.17) is 0 Å². The number of aryl methyl sites for hydroxylation is 1.